The summed E-state index contributed by atoms with van der Waals surface area (Å²) in [6, 6.07) is 18.5. The van der Waals surface area contributed by atoms with Crippen molar-refractivity contribution >= 4 is 5.91 Å². The highest BCUT2D eigenvalue weighted by Crippen LogP contribution is 2.20. The van der Waals surface area contributed by atoms with Gasteiger partial charge < -0.3 is 4.90 Å². The molecule has 0 N–H and O–H groups in total. The van der Waals surface area contributed by atoms with Crippen LogP contribution in [0.3, 0.4) is 0 Å². The van der Waals surface area contributed by atoms with Crippen LogP contribution in [-0.2, 0) is 0 Å². The van der Waals surface area contributed by atoms with E-state index in [1.807, 2.05) is 36.2 Å². The van der Waals surface area contributed by atoms with Gasteiger partial charge in [0.25, 0.3) is 5.91 Å². The number of carbonyl (C=O) groups is 1. The molecule has 2 heteroatoms. The molecule has 1 unspecified atom stereocenters. The zero-order valence-electron chi connectivity index (χ0n) is 14.6. The Hall–Kier alpha value is -2.09. The van der Waals surface area contributed by atoms with E-state index in [4.69, 9.17) is 0 Å². The molecule has 0 aliphatic rings. The van der Waals surface area contributed by atoms with E-state index in [0.717, 1.165) is 18.5 Å². The lowest BCUT2D eigenvalue weighted by Crippen LogP contribution is -2.28. The Morgan fingerprint density at radius 2 is 1.61 bits per heavy atom. The summed E-state index contributed by atoms with van der Waals surface area (Å²) in [5.41, 5.74) is 3.32. The van der Waals surface area contributed by atoms with Gasteiger partial charge in [0.2, 0.25) is 0 Å². The second-order valence-electron chi connectivity index (χ2n) is 6.61. The third kappa shape index (κ3) is 4.69. The molecule has 0 saturated heterocycles. The van der Waals surface area contributed by atoms with Gasteiger partial charge in [-0.2, -0.15) is 0 Å². The fourth-order valence-electron chi connectivity index (χ4n) is 2.69. The van der Waals surface area contributed by atoms with E-state index in [1.165, 1.54) is 11.1 Å². The molecule has 0 heterocycles. The van der Waals surface area contributed by atoms with E-state index in [0.29, 0.717) is 11.8 Å². The van der Waals surface area contributed by atoms with Gasteiger partial charge in [0.1, 0.15) is 0 Å². The van der Waals surface area contributed by atoms with Gasteiger partial charge in [-0.25, -0.2) is 0 Å². The van der Waals surface area contributed by atoms with Crippen LogP contribution in [0.1, 0.15) is 60.5 Å². The zero-order valence-corrected chi connectivity index (χ0v) is 14.6. The minimum absolute atomic E-state index is 0.104. The van der Waals surface area contributed by atoms with Crippen molar-refractivity contribution in [2.75, 3.05) is 13.6 Å². The van der Waals surface area contributed by atoms with Gasteiger partial charge in [-0.1, -0.05) is 63.2 Å². The summed E-state index contributed by atoms with van der Waals surface area (Å²) < 4.78 is 0. The largest absolute Gasteiger partial charge is 0.342 e. The molecule has 0 saturated carbocycles. The number of nitrogens with zero attached hydrogens (tertiary/aromatic N) is 1. The second-order valence-corrected chi connectivity index (χ2v) is 6.61. The van der Waals surface area contributed by atoms with Gasteiger partial charge in [0.15, 0.2) is 0 Å². The predicted octanol–water partition coefficient (Wildman–Crippen LogP) is 5.08. The van der Waals surface area contributed by atoms with Crippen LogP contribution >= 0.6 is 0 Å². The SMILES string of the molecule is CC(C)c1cccc(C(=O)N(C)CCC(C)c2ccccc2)c1. The molecular formula is C21H27NO. The van der Waals surface area contributed by atoms with E-state index in [1.54, 1.807) is 0 Å². The van der Waals surface area contributed by atoms with Gasteiger partial charge in [-0.05, 0) is 41.5 Å². The number of hydrogen-bond donors (Lipinski definition) is 0. The molecule has 0 aliphatic heterocycles. The smallest absolute Gasteiger partial charge is 0.253 e. The third-order valence-corrected chi connectivity index (χ3v) is 4.41. The molecule has 23 heavy (non-hydrogen) atoms. The maximum absolute atomic E-state index is 12.6. The fourth-order valence-corrected chi connectivity index (χ4v) is 2.69. The normalized spacial score (nSPS) is 12.2. The summed E-state index contributed by atoms with van der Waals surface area (Å²) in [4.78, 5) is 14.4. The summed E-state index contributed by atoms with van der Waals surface area (Å²) >= 11 is 0. The summed E-state index contributed by atoms with van der Waals surface area (Å²) in [7, 11) is 1.89. The maximum Gasteiger partial charge on any atom is 0.253 e. The molecular weight excluding hydrogens is 282 g/mol. The molecule has 0 aliphatic carbocycles. The minimum Gasteiger partial charge on any atom is -0.342 e. The highest BCUT2D eigenvalue weighted by molar-refractivity contribution is 5.94. The highest BCUT2D eigenvalue weighted by Gasteiger charge is 2.14. The third-order valence-electron chi connectivity index (χ3n) is 4.41. The Balaban J connectivity index is 1.96. The number of amides is 1. The van der Waals surface area contributed by atoms with E-state index in [-0.39, 0.29) is 5.91 Å². The van der Waals surface area contributed by atoms with Crippen LogP contribution in [-0.4, -0.2) is 24.4 Å². The number of rotatable bonds is 6. The van der Waals surface area contributed by atoms with Crippen LogP contribution in [0.15, 0.2) is 54.6 Å². The Morgan fingerprint density at radius 3 is 2.26 bits per heavy atom. The number of benzene rings is 2. The predicted molar refractivity (Wildman–Crippen MR) is 97.0 cm³/mol. The van der Waals surface area contributed by atoms with Crippen molar-refractivity contribution in [1.29, 1.82) is 0 Å². The van der Waals surface area contributed by atoms with Crippen LogP contribution in [0.4, 0.5) is 0 Å². The van der Waals surface area contributed by atoms with Crippen LogP contribution in [0.2, 0.25) is 0 Å². The molecule has 2 rings (SSSR count). The topological polar surface area (TPSA) is 20.3 Å². The van der Waals surface area contributed by atoms with Crippen LogP contribution < -0.4 is 0 Å². The maximum atomic E-state index is 12.6. The summed E-state index contributed by atoms with van der Waals surface area (Å²) in [5, 5.41) is 0. The average Bonchev–Trinajstić information content (AvgIpc) is 2.59. The Kier molecular flexibility index (Phi) is 5.97. The summed E-state index contributed by atoms with van der Waals surface area (Å²) in [6.07, 6.45) is 0.968. The molecule has 0 spiro atoms. The fraction of sp³-hybridized carbons (Fsp3) is 0.381. The molecule has 0 radical (unpaired) electrons. The molecule has 0 aromatic heterocycles. The summed E-state index contributed by atoms with van der Waals surface area (Å²) in [5.74, 6) is 0.993. The quantitative estimate of drug-likeness (QED) is 0.729. The number of carbonyl (C=O) groups excluding carboxylic acids is 1. The van der Waals surface area contributed by atoms with E-state index in [2.05, 4.69) is 51.1 Å². The van der Waals surface area contributed by atoms with Gasteiger partial charge in [-0.15, -0.1) is 0 Å². The first kappa shape index (κ1) is 17.3. The first-order chi connectivity index (χ1) is 11.0. The molecule has 0 bridgehead atoms. The van der Waals surface area contributed by atoms with Crippen molar-refractivity contribution in [2.45, 2.75) is 39.0 Å². The molecule has 0 fully saturated rings. The lowest BCUT2D eigenvalue weighted by Gasteiger charge is -2.20. The average molecular weight is 309 g/mol. The van der Waals surface area contributed by atoms with E-state index in [9.17, 15) is 4.79 Å². The second kappa shape index (κ2) is 7.96. The first-order valence-electron chi connectivity index (χ1n) is 8.39. The molecule has 2 aromatic carbocycles. The van der Waals surface area contributed by atoms with Crippen LogP contribution in [0.25, 0.3) is 0 Å². The standard InChI is InChI=1S/C21H27NO/c1-16(2)19-11-8-12-20(15-19)21(23)22(4)14-13-17(3)18-9-6-5-7-10-18/h5-12,15-17H,13-14H2,1-4H3. The Morgan fingerprint density at radius 1 is 0.957 bits per heavy atom. The minimum atomic E-state index is 0.104. The molecule has 122 valence electrons. The molecule has 1 atom stereocenters. The molecule has 2 nitrogen and oxygen atoms in total. The first-order valence-corrected chi connectivity index (χ1v) is 8.39. The zero-order chi connectivity index (χ0) is 16.8. The number of hydrogen-bond acceptors (Lipinski definition) is 1. The lowest BCUT2D eigenvalue weighted by molar-refractivity contribution is 0.0791. The van der Waals surface area contributed by atoms with Crippen molar-refractivity contribution < 1.29 is 4.79 Å². The van der Waals surface area contributed by atoms with E-state index >= 15 is 0 Å². The Labute approximate surface area is 140 Å². The van der Waals surface area contributed by atoms with Crippen molar-refractivity contribution in [3.63, 3.8) is 0 Å². The highest BCUT2D eigenvalue weighted by atomic mass is 16.2. The van der Waals surface area contributed by atoms with Gasteiger partial charge in [0, 0.05) is 19.2 Å². The van der Waals surface area contributed by atoms with Crippen molar-refractivity contribution in [1.82, 2.24) is 4.90 Å². The van der Waals surface area contributed by atoms with Gasteiger partial charge >= 0.3 is 0 Å². The van der Waals surface area contributed by atoms with E-state index < -0.39 is 0 Å². The lowest BCUT2D eigenvalue weighted by atomic mass is 9.97. The van der Waals surface area contributed by atoms with Crippen LogP contribution in [0.5, 0.6) is 0 Å². The van der Waals surface area contributed by atoms with Gasteiger partial charge in [0.05, 0.1) is 0 Å². The van der Waals surface area contributed by atoms with Crippen molar-refractivity contribution in [3.05, 3.63) is 71.3 Å². The molecule has 1 amide bonds. The summed E-state index contributed by atoms with van der Waals surface area (Å²) in [6.45, 7) is 7.28. The monoisotopic (exact) mass is 309 g/mol. The van der Waals surface area contributed by atoms with Gasteiger partial charge in [-0.3, -0.25) is 4.79 Å². The van der Waals surface area contributed by atoms with Crippen molar-refractivity contribution in [3.8, 4) is 0 Å². The molecule has 2 aromatic rings. The van der Waals surface area contributed by atoms with Crippen LogP contribution in [0, 0.1) is 0 Å². The Bertz CT molecular complexity index is 633. The van der Waals surface area contributed by atoms with Crippen molar-refractivity contribution in [2.24, 2.45) is 0 Å².